The molecule has 0 bridgehead atoms. The highest BCUT2D eigenvalue weighted by Crippen LogP contribution is 2.43. The molecule has 1 aliphatic carbocycles. The van der Waals surface area contributed by atoms with Crippen LogP contribution in [0.15, 0.2) is 18.3 Å². The largest absolute Gasteiger partial charge is 0.598 e. The van der Waals surface area contributed by atoms with Crippen molar-refractivity contribution in [2.75, 3.05) is 0 Å². The second kappa shape index (κ2) is 7.17. The molecule has 1 heterocycles. The van der Waals surface area contributed by atoms with E-state index in [1.165, 1.54) is 0 Å². The Morgan fingerprint density at radius 1 is 1.27 bits per heavy atom. The molecule has 3 nitrogen and oxygen atoms in total. The maximum atomic E-state index is 14.7. The molecule has 1 aromatic carbocycles. The Morgan fingerprint density at radius 2 is 1.92 bits per heavy atom. The van der Waals surface area contributed by atoms with Crippen molar-refractivity contribution in [3.8, 4) is 0 Å². The molecule has 3 rings (SSSR count). The van der Waals surface area contributed by atoms with Crippen LogP contribution in [0.4, 0.5) is 4.39 Å². The van der Waals surface area contributed by atoms with Crippen molar-refractivity contribution >= 4 is 22.3 Å². The molecular weight excluding hydrogens is 347 g/mol. The maximum Gasteiger partial charge on any atom is 0.136 e. The summed E-state index contributed by atoms with van der Waals surface area (Å²) in [5, 5.41) is 0.929. The second-order valence-electron chi connectivity index (χ2n) is 9.02. The van der Waals surface area contributed by atoms with E-state index in [0.29, 0.717) is 11.8 Å². The summed E-state index contributed by atoms with van der Waals surface area (Å²) in [4.78, 5) is 0. The summed E-state index contributed by atoms with van der Waals surface area (Å²) in [6.07, 6.45) is 4.28. The van der Waals surface area contributed by atoms with Crippen LogP contribution in [-0.4, -0.2) is 13.9 Å². The van der Waals surface area contributed by atoms with E-state index in [0.717, 1.165) is 41.4 Å². The van der Waals surface area contributed by atoms with Crippen molar-refractivity contribution in [2.45, 2.75) is 77.6 Å². The standard InChI is InChI=1S/C21H31FN2OS/c1-13(2)11-24-12-18(14(3)23-26(25)21(4,5)6)17-9-19(22)16(10-20(17)24)15-7-8-15/h9-10,12-15,23H,7-8,11H2,1-6H3/t14-,26+/m1/s1. The summed E-state index contributed by atoms with van der Waals surface area (Å²) in [5.41, 5.74) is 2.96. The van der Waals surface area contributed by atoms with Crippen LogP contribution in [0.1, 0.15) is 77.5 Å². The third-order valence-electron chi connectivity index (χ3n) is 4.92. The number of nitrogens with zero attached hydrogens (tertiary/aromatic N) is 1. The van der Waals surface area contributed by atoms with Gasteiger partial charge in [0, 0.05) is 35.0 Å². The summed E-state index contributed by atoms with van der Waals surface area (Å²) >= 11 is -1.17. The van der Waals surface area contributed by atoms with Gasteiger partial charge < -0.3 is 9.12 Å². The molecule has 1 aromatic heterocycles. The SMILES string of the molecule is CC(C)Cn1cc([C@@H](C)N[S@@+]([O-])C(C)(C)C)c2cc(F)c(C3CC3)cc21. The first-order valence-corrected chi connectivity index (χ1v) is 10.7. The molecule has 2 aromatic rings. The number of halogens is 1. The average molecular weight is 379 g/mol. The Labute approximate surface area is 159 Å². The number of fused-ring (bicyclic) bond motifs is 1. The van der Waals surface area contributed by atoms with Gasteiger partial charge in [0.2, 0.25) is 0 Å². The van der Waals surface area contributed by atoms with Gasteiger partial charge in [0.25, 0.3) is 0 Å². The molecule has 0 amide bonds. The monoisotopic (exact) mass is 378 g/mol. The van der Waals surface area contributed by atoms with Gasteiger partial charge in [-0.15, -0.1) is 4.72 Å². The Bertz CT molecular complexity index is 789. The van der Waals surface area contributed by atoms with Crippen LogP contribution in [0.3, 0.4) is 0 Å². The van der Waals surface area contributed by atoms with Gasteiger partial charge in [-0.05, 0) is 75.6 Å². The molecule has 5 heteroatoms. The fraction of sp³-hybridized carbons (Fsp3) is 0.619. The van der Waals surface area contributed by atoms with Gasteiger partial charge in [-0.25, -0.2) is 4.39 Å². The Morgan fingerprint density at radius 3 is 2.46 bits per heavy atom. The van der Waals surface area contributed by atoms with Crippen LogP contribution in [0.25, 0.3) is 10.9 Å². The molecule has 1 N–H and O–H groups in total. The predicted octanol–water partition coefficient (Wildman–Crippen LogP) is 5.43. The van der Waals surface area contributed by atoms with E-state index in [1.54, 1.807) is 6.07 Å². The number of hydrogen-bond acceptors (Lipinski definition) is 2. The fourth-order valence-corrected chi connectivity index (χ4v) is 4.15. The smallest absolute Gasteiger partial charge is 0.136 e. The van der Waals surface area contributed by atoms with Gasteiger partial charge in [0.15, 0.2) is 0 Å². The predicted molar refractivity (Wildman–Crippen MR) is 108 cm³/mol. The quantitative estimate of drug-likeness (QED) is 0.681. The average Bonchev–Trinajstić information content (AvgIpc) is 3.29. The van der Waals surface area contributed by atoms with E-state index >= 15 is 0 Å². The molecule has 0 spiro atoms. The van der Waals surface area contributed by atoms with Gasteiger partial charge in [-0.2, -0.15) is 0 Å². The lowest BCUT2D eigenvalue weighted by atomic mass is 10.0. The zero-order valence-corrected chi connectivity index (χ0v) is 17.5. The van der Waals surface area contributed by atoms with E-state index in [1.807, 2.05) is 33.8 Å². The maximum absolute atomic E-state index is 14.7. The summed E-state index contributed by atoms with van der Waals surface area (Å²) < 4.78 is 32.3. The first-order chi connectivity index (χ1) is 12.1. The van der Waals surface area contributed by atoms with Crippen LogP contribution < -0.4 is 4.72 Å². The molecule has 0 aliphatic heterocycles. The minimum Gasteiger partial charge on any atom is -0.598 e. The molecular formula is C21H31FN2OS. The Kier molecular flexibility index (Phi) is 5.44. The number of hydrogen-bond donors (Lipinski definition) is 1. The molecule has 1 aliphatic rings. The highest BCUT2D eigenvalue weighted by atomic mass is 32.2. The topological polar surface area (TPSA) is 40.0 Å². The lowest BCUT2D eigenvalue weighted by Crippen LogP contribution is -2.40. The number of nitrogens with one attached hydrogen (secondary N) is 1. The summed E-state index contributed by atoms with van der Waals surface area (Å²) in [7, 11) is 0. The molecule has 144 valence electrons. The Hall–Kier alpha value is -1.04. The second-order valence-corrected chi connectivity index (χ2v) is 11.0. The van der Waals surface area contributed by atoms with Crippen molar-refractivity contribution in [3.63, 3.8) is 0 Å². The minimum absolute atomic E-state index is 0.104. The van der Waals surface area contributed by atoms with Crippen LogP contribution >= 0.6 is 0 Å². The summed E-state index contributed by atoms with van der Waals surface area (Å²) in [6.45, 7) is 13.1. The van der Waals surface area contributed by atoms with E-state index < -0.39 is 11.4 Å². The molecule has 0 radical (unpaired) electrons. The zero-order valence-electron chi connectivity index (χ0n) is 16.7. The van der Waals surface area contributed by atoms with Crippen molar-refractivity contribution in [2.24, 2.45) is 5.92 Å². The van der Waals surface area contributed by atoms with Gasteiger partial charge in [-0.1, -0.05) is 13.8 Å². The van der Waals surface area contributed by atoms with Gasteiger partial charge >= 0.3 is 0 Å². The van der Waals surface area contributed by atoms with Crippen molar-refractivity contribution in [3.05, 3.63) is 35.3 Å². The van der Waals surface area contributed by atoms with E-state index in [4.69, 9.17) is 0 Å². The fourth-order valence-electron chi connectivity index (χ4n) is 3.35. The normalized spacial score (nSPS) is 17.9. The third kappa shape index (κ3) is 4.10. The molecule has 2 atom stereocenters. The lowest BCUT2D eigenvalue weighted by Gasteiger charge is -2.26. The highest BCUT2D eigenvalue weighted by molar-refractivity contribution is 7.90. The molecule has 0 saturated heterocycles. The van der Waals surface area contributed by atoms with E-state index in [9.17, 15) is 8.94 Å². The van der Waals surface area contributed by atoms with E-state index in [-0.39, 0.29) is 16.6 Å². The van der Waals surface area contributed by atoms with Crippen molar-refractivity contribution in [1.82, 2.24) is 9.29 Å². The lowest BCUT2D eigenvalue weighted by molar-refractivity contribution is 0.525. The van der Waals surface area contributed by atoms with Crippen LogP contribution in [0.5, 0.6) is 0 Å². The van der Waals surface area contributed by atoms with Crippen LogP contribution in [0.2, 0.25) is 0 Å². The zero-order chi connectivity index (χ0) is 19.2. The number of rotatable bonds is 6. The molecule has 0 unspecified atom stereocenters. The number of aromatic nitrogens is 1. The van der Waals surface area contributed by atoms with Crippen LogP contribution in [-0.2, 0) is 17.9 Å². The first kappa shape index (κ1) is 19.7. The molecule has 1 saturated carbocycles. The summed E-state index contributed by atoms with van der Waals surface area (Å²) in [5.74, 6) is 0.779. The van der Waals surface area contributed by atoms with Gasteiger partial charge in [-0.3, -0.25) is 0 Å². The van der Waals surface area contributed by atoms with Crippen molar-refractivity contribution in [1.29, 1.82) is 0 Å². The summed E-state index contributed by atoms with van der Waals surface area (Å²) in [6, 6.07) is 3.62. The minimum atomic E-state index is -1.17. The Balaban J connectivity index is 2.02. The van der Waals surface area contributed by atoms with Gasteiger partial charge in [0.1, 0.15) is 10.6 Å². The van der Waals surface area contributed by atoms with E-state index in [2.05, 4.69) is 29.3 Å². The van der Waals surface area contributed by atoms with Gasteiger partial charge in [0.05, 0.1) is 6.04 Å². The highest BCUT2D eigenvalue weighted by Gasteiger charge is 2.31. The van der Waals surface area contributed by atoms with Crippen LogP contribution in [0, 0.1) is 11.7 Å². The molecule has 26 heavy (non-hydrogen) atoms. The first-order valence-electron chi connectivity index (χ1n) is 9.58. The number of benzene rings is 1. The third-order valence-corrected chi connectivity index (χ3v) is 6.60. The molecule has 1 fully saturated rings. The van der Waals surface area contributed by atoms with Crippen molar-refractivity contribution < 1.29 is 8.94 Å².